The molecule has 3 rings (SSSR count). The zero-order chi connectivity index (χ0) is 15.0. The molecule has 0 saturated carbocycles. The Morgan fingerprint density at radius 3 is 2.76 bits per heavy atom. The maximum atomic E-state index is 13.4. The van der Waals surface area contributed by atoms with Crippen molar-refractivity contribution >= 4 is 33.2 Å². The summed E-state index contributed by atoms with van der Waals surface area (Å²) in [5.74, 6) is -1.36. The molecule has 2 aromatic heterocycles. The molecule has 0 radical (unpaired) electrons. The van der Waals surface area contributed by atoms with Crippen molar-refractivity contribution in [2.75, 3.05) is 0 Å². The molecule has 0 spiro atoms. The Bertz CT molecular complexity index is 808. The van der Waals surface area contributed by atoms with E-state index in [1.807, 2.05) is 5.38 Å². The molecule has 106 valence electrons. The van der Waals surface area contributed by atoms with Crippen LogP contribution in [0.2, 0.25) is 0 Å². The van der Waals surface area contributed by atoms with Gasteiger partial charge >= 0.3 is 5.97 Å². The third-order valence-corrected chi connectivity index (χ3v) is 4.17. The van der Waals surface area contributed by atoms with E-state index in [0.717, 1.165) is 0 Å². The standard InChI is InChI=1S/C14H8BrFN2O2S/c15-9-1-7(2-10(16)4-9)13-18-12(6-21-13)8-3-11(14(19)20)17-5-8/h1-6,17H,(H,19,20). The van der Waals surface area contributed by atoms with Crippen LogP contribution in [0.1, 0.15) is 10.5 Å². The number of aromatic nitrogens is 2. The molecular formula is C14H8BrFN2O2S. The van der Waals surface area contributed by atoms with Gasteiger partial charge in [-0.2, -0.15) is 0 Å². The summed E-state index contributed by atoms with van der Waals surface area (Å²) in [4.78, 5) is 17.9. The predicted octanol–water partition coefficient (Wildman–Crippen LogP) is 4.41. The molecule has 0 saturated heterocycles. The minimum atomic E-state index is -1.02. The molecule has 0 atom stereocenters. The number of rotatable bonds is 3. The third-order valence-electron chi connectivity index (χ3n) is 2.82. The smallest absolute Gasteiger partial charge is 0.352 e. The van der Waals surface area contributed by atoms with Gasteiger partial charge in [-0.1, -0.05) is 15.9 Å². The summed E-state index contributed by atoms with van der Waals surface area (Å²) in [6.07, 6.45) is 1.59. The highest BCUT2D eigenvalue weighted by Crippen LogP contribution is 2.31. The van der Waals surface area contributed by atoms with Crippen molar-refractivity contribution in [2.24, 2.45) is 0 Å². The number of aromatic amines is 1. The lowest BCUT2D eigenvalue weighted by Gasteiger charge is -1.98. The number of hydrogen-bond acceptors (Lipinski definition) is 3. The first-order valence-electron chi connectivity index (χ1n) is 5.87. The van der Waals surface area contributed by atoms with Crippen LogP contribution in [0.4, 0.5) is 4.39 Å². The van der Waals surface area contributed by atoms with Crippen LogP contribution < -0.4 is 0 Å². The van der Waals surface area contributed by atoms with Gasteiger partial charge in [0, 0.05) is 27.2 Å². The Kier molecular flexibility index (Phi) is 3.60. The van der Waals surface area contributed by atoms with Crippen LogP contribution in [0.3, 0.4) is 0 Å². The molecule has 3 aromatic rings. The van der Waals surface area contributed by atoms with E-state index in [0.29, 0.717) is 26.3 Å². The molecule has 0 amide bonds. The molecule has 0 aliphatic rings. The number of carbonyl (C=O) groups is 1. The first kappa shape index (κ1) is 14.0. The molecule has 2 heterocycles. The molecule has 0 fully saturated rings. The maximum absolute atomic E-state index is 13.4. The molecule has 7 heteroatoms. The summed E-state index contributed by atoms with van der Waals surface area (Å²) < 4.78 is 14.1. The second-order valence-corrected chi connectivity index (χ2v) is 6.08. The van der Waals surface area contributed by atoms with Crippen LogP contribution in [-0.4, -0.2) is 21.0 Å². The highest BCUT2D eigenvalue weighted by molar-refractivity contribution is 9.10. The molecule has 21 heavy (non-hydrogen) atoms. The summed E-state index contributed by atoms with van der Waals surface area (Å²) in [5, 5.41) is 11.4. The topological polar surface area (TPSA) is 66.0 Å². The number of carboxylic acid groups (broad SMARTS) is 1. The maximum Gasteiger partial charge on any atom is 0.352 e. The van der Waals surface area contributed by atoms with Gasteiger partial charge in [0.15, 0.2) is 0 Å². The highest BCUT2D eigenvalue weighted by Gasteiger charge is 2.12. The van der Waals surface area contributed by atoms with Gasteiger partial charge in [-0.25, -0.2) is 14.2 Å². The number of thiazole rings is 1. The van der Waals surface area contributed by atoms with Crippen LogP contribution in [0, 0.1) is 5.82 Å². The average molecular weight is 367 g/mol. The zero-order valence-electron chi connectivity index (χ0n) is 10.4. The molecule has 0 unspecified atom stereocenters. The fourth-order valence-corrected chi connectivity index (χ4v) is 3.16. The number of nitrogens with one attached hydrogen (secondary N) is 1. The van der Waals surface area contributed by atoms with Crippen LogP contribution in [0.25, 0.3) is 21.8 Å². The average Bonchev–Trinajstić information content (AvgIpc) is 3.07. The van der Waals surface area contributed by atoms with Crippen molar-refractivity contribution in [3.63, 3.8) is 0 Å². The second kappa shape index (κ2) is 5.42. The summed E-state index contributed by atoms with van der Waals surface area (Å²) in [6, 6.07) is 6.09. The Hall–Kier alpha value is -1.99. The lowest BCUT2D eigenvalue weighted by atomic mass is 10.2. The van der Waals surface area contributed by atoms with Gasteiger partial charge in [-0.3, -0.25) is 0 Å². The van der Waals surface area contributed by atoms with Crippen molar-refractivity contribution < 1.29 is 14.3 Å². The molecule has 0 bridgehead atoms. The Labute approximate surface area is 131 Å². The minimum absolute atomic E-state index is 0.105. The number of hydrogen-bond donors (Lipinski definition) is 2. The van der Waals surface area contributed by atoms with E-state index in [2.05, 4.69) is 25.9 Å². The summed E-state index contributed by atoms with van der Waals surface area (Å²) in [6.45, 7) is 0. The fraction of sp³-hybridized carbons (Fsp3) is 0. The Morgan fingerprint density at radius 2 is 2.10 bits per heavy atom. The lowest BCUT2D eigenvalue weighted by molar-refractivity contribution is 0.0691. The molecule has 0 aliphatic heterocycles. The van der Waals surface area contributed by atoms with Crippen LogP contribution in [0.5, 0.6) is 0 Å². The summed E-state index contributed by atoms with van der Waals surface area (Å²) in [5.41, 5.74) is 2.12. The predicted molar refractivity (Wildman–Crippen MR) is 82.0 cm³/mol. The Balaban J connectivity index is 1.97. The summed E-state index contributed by atoms with van der Waals surface area (Å²) >= 11 is 4.62. The van der Waals surface area contributed by atoms with Crippen molar-refractivity contribution in [1.29, 1.82) is 0 Å². The van der Waals surface area contributed by atoms with E-state index >= 15 is 0 Å². The van der Waals surface area contributed by atoms with Crippen LogP contribution in [-0.2, 0) is 0 Å². The molecule has 0 aliphatic carbocycles. The van der Waals surface area contributed by atoms with Gasteiger partial charge < -0.3 is 10.1 Å². The highest BCUT2D eigenvalue weighted by atomic mass is 79.9. The van der Waals surface area contributed by atoms with Crippen LogP contribution in [0.15, 0.2) is 40.3 Å². The SMILES string of the molecule is O=C(O)c1cc(-c2csc(-c3cc(F)cc(Br)c3)n2)c[nH]1. The quantitative estimate of drug-likeness (QED) is 0.721. The number of halogens is 2. The van der Waals surface area contributed by atoms with Crippen LogP contribution >= 0.6 is 27.3 Å². The summed E-state index contributed by atoms with van der Waals surface area (Å²) in [7, 11) is 0. The number of nitrogens with zero attached hydrogens (tertiary/aromatic N) is 1. The molecule has 1 aromatic carbocycles. The van der Waals surface area contributed by atoms with Gasteiger partial charge in [0.2, 0.25) is 0 Å². The van der Waals surface area contributed by atoms with Crippen molar-refractivity contribution in [3.05, 3.63) is 51.8 Å². The number of benzene rings is 1. The van der Waals surface area contributed by atoms with Gasteiger partial charge in [0.25, 0.3) is 0 Å². The first-order valence-corrected chi connectivity index (χ1v) is 7.54. The second-order valence-electron chi connectivity index (χ2n) is 4.30. The van der Waals surface area contributed by atoms with E-state index in [1.54, 1.807) is 12.3 Å². The number of aromatic carboxylic acids is 1. The van der Waals surface area contributed by atoms with Crippen molar-refractivity contribution in [1.82, 2.24) is 9.97 Å². The van der Waals surface area contributed by atoms with Crippen molar-refractivity contribution in [3.8, 4) is 21.8 Å². The number of H-pyrrole nitrogens is 1. The van der Waals surface area contributed by atoms with Gasteiger partial charge in [0.05, 0.1) is 5.69 Å². The fourth-order valence-electron chi connectivity index (χ4n) is 1.88. The zero-order valence-corrected chi connectivity index (χ0v) is 12.8. The van der Waals surface area contributed by atoms with Crippen molar-refractivity contribution in [2.45, 2.75) is 0 Å². The monoisotopic (exact) mass is 366 g/mol. The normalized spacial score (nSPS) is 10.8. The van der Waals surface area contributed by atoms with Gasteiger partial charge in [0.1, 0.15) is 16.5 Å². The van der Waals surface area contributed by atoms with E-state index < -0.39 is 5.97 Å². The minimum Gasteiger partial charge on any atom is -0.477 e. The largest absolute Gasteiger partial charge is 0.477 e. The first-order chi connectivity index (χ1) is 10.0. The Morgan fingerprint density at radius 1 is 1.29 bits per heavy atom. The van der Waals surface area contributed by atoms with Gasteiger partial charge in [-0.15, -0.1) is 11.3 Å². The number of carboxylic acids is 1. The molecule has 2 N–H and O–H groups in total. The van der Waals surface area contributed by atoms with E-state index in [-0.39, 0.29) is 11.5 Å². The van der Waals surface area contributed by atoms with E-state index in [9.17, 15) is 9.18 Å². The van der Waals surface area contributed by atoms with E-state index in [1.165, 1.54) is 29.5 Å². The molecular weight excluding hydrogens is 359 g/mol. The van der Waals surface area contributed by atoms with Gasteiger partial charge in [-0.05, 0) is 24.3 Å². The third kappa shape index (κ3) is 2.88. The van der Waals surface area contributed by atoms with E-state index in [4.69, 9.17) is 5.11 Å². The lowest BCUT2D eigenvalue weighted by Crippen LogP contribution is -1.94. The molecule has 4 nitrogen and oxygen atoms in total.